The second-order valence-electron chi connectivity index (χ2n) is 11.6. The average Bonchev–Trinajstić information content (AvgIpc) is 3.57. The maximum absolute atomic E-state index is 6.64. The molecule has 9 rings (SSSR count). The molecule has 0 N–H and O–H groups in total. The Morgan fingerprint density at radius 1 is 0.435 bits per heavy atom. The van der Waals surface area contributed by atoms with Crippen molar-refractivity contribution in [3.63, 3.8) is 0 Å². The van der Waals surface area contributed by atoms with E-state index in [9.17, 15) is 0 Å². The molecular weight excluding hydrogens is 560 g/mol. The van der Waals surface area contributed by atoms with E-state index in [-0.39, 0.29) is 0 Å². The minimum Gasteiger partial charge on any atom is -0.435 e. The number of hydrogen-bond donors (Lipinski definition) is 0. The van der Waals surface area contributed by atoms with Crippen LogP contribution in [0.2, 0.25) is 0 Å². The Hall–Kier alpha value is -6.19. The first kappa shape index (κ1) is 26.2. The van der Waals surface area contributed by atoms with Crippen molar-refractivity contribution < 1.29 is 4.42 Å². The number of para-hydroxylation sites is 2. The maximum Gasteiger partial charge on any atom is 0.227 e. The van der Waals surface area contributed by atoms with E-state index in [0.717, 1.165) is 49.9 Å². The number of oxazole rings is 1. The van der Waals surface area contributed by atoms with Crippen molar-refractivity contribution in [2.75, 3.05) is 4.90 Å². The van der Waals surface area contributed by atoms with Gasteiger partial charge in [-0.25, -0.2) is 4.98 Å². The second-order valence-corrected chi connectivity index (χ2v) is 11.6. The van der Waals surface area contributed by atoms with E-state index in [0.29, 0.717) is 5.89 Å². The molecule has 0 saturated carbocycles. The van der Waals surface area contributed by atoms with Gasteiger partial charge in [0.15, 0.2) is 5.58 Å². The fourth-order valence-corrected chi connectivity index (χ4v) is 6.74. The first-order valence-corrected chi connectivity index (χ1v) is 15.6. The van der Waals surface area contributed by atoms with E-state index in [1.165, 1.54) is 27.3 Å². The molecule has 0 bridgehead atoms. The number of anilines is 3. The molecule has 9 aromatic rings. The SMILES string of the molecule is c1ccc(-c2nc3ccc4cc(-c5cccc6ccccc56)c5ccc(N(c6ccccc6)c6ccccc6)cc5c4c3o2)cc1. The molecule has 3 heteroatoms. The number of fused-ring (bicyclic) bond motifs is 6. The van der Waals surface area contributed by atoms with Crippen molar-refractivity contribution in [3.05, 3.63) is 170 Å². The van der Waals surface area contributed by atoms with Gasteiger partial charge in [-0.05, 0) is 98.7 Å². The van der Waals surface area contributed by atoms with Gasteiger partial charge in [-0.3, -0.25) is 0 Å². The monoisotopic (exact) mass is 588 g/mol. The molecule has 0 aliphatic heterocycles. The van der Waals surface area contributed by atoms with Gasteiger partial charge in [0.1, 0.15) is 5.52 Å². The minimum absolute atomic E-state index is 0.626. The molecule has 0 saturated heterocycles. The molecule has 8 aromatic carbocycles. The lowest BCUT2D eigenvalue weighted by atomic mass is 9.90. The van der Waals surface area contributed by atoms with Crippen molar-refractivity contribution in [1.82, 2.24) is 4.98 Å². The predicted octanol–water partition coefficient (Wildman–Crippen LogP) is 12.1. The molecule has 0 fully saturated rings. The van der Waals surface area contributed by atoms with E-state index in [4.69, 9.17) is 9.40 Å². The van der Waals surface area contributed by atoms with Crippen molar-refractivity contribution in [2.24, 2.45) is 0 Å². The van der Waals surface area contributed by atoms with Gasteiger partial charge in [0, 0.05) is 28.0 Å². The summed E-state index contributed by atoms with van der Waals surface area (Å²) in [7, 11) is 0. The third kappa shape index (κ3) is 4.33. The van der Waals surface area contributed by atoms with Gasteiger partial charge >= 0.3 is 0 Å². The zero-order valence-corrected chi connectivity index (χ0v) is 25.0. The highest BCUT2D eigenvalue weighted by molar-refractivity contribution is 6.23. The van der Waals surface area contributed by atoms with Gasteiger partial charge in [0.2, 0.25) is 5.89 Å². The summed E-state index contributed by atoms with van der Waals surface area (Å²) in [5, 5.41) is 6.92. The average molecular weight is 589 g/mol. The molecule has 0 spiro atoms. The Labute approximate surface area is 266 Å². The van der Waals surface area contributed by atoms with Crippen LogP contribution in [0.5, 0.6) is 0 Å². The van der Waals surface area contributed by atoms with E-state index in [1.807, 2.05) is 30.3 Å². The smallest absolute Gasteiger partial charge is 0.227 e. The van der Waals surface area contributed by atoms with Crippen molar-refractivity contribution >= 4 is 60.5 Å². The molecule has 0 amide bonds. The molecule has 0 aliphatic rings. The molecule has 0 radical (unpaired) electrons. The van der Waals surface area contributed by atoms with Crippen molar-refractivity contribution in [2.45, 2.75) is 0 Å². The molecule has 1 heterocycles. The van der Waals surface area contributed by atoms with E-state index >= 15 is 0 Å². The molecule has 0 aliphatic carbocycles. The lowest BCUT2D eigenvalue weighted by Crippen LogP contribution is -2.09. The van der Waals surface area contributed by atoms with Gasteiger partial charge < -0.3 is 9.32 Å². The van der Waals surface area contributed by atoms with Gasteiger partial charge in [-0.15, -0.1) is 0 Å². The van der Waals surface area contributed by atoms with Gasteiger partial charge in [-0.2, -0.15) is 0 Å². The molecule has 0 unspecified atom stereocenters. The van der Waals surface area contributed by atoms with Crippen LogP contribution < -0.4 is 4.90 Å². The summed E-state index contributed by atoms with van der Waals surface area (Å²) in [6.45, 7) is 0. The maximum atomic E-state index is 6.64. The van der Waals surface area contributed by atoms with E-state index in [2.05, 4.69) is 144 Å². The first-order chi connectivity index (χ1) is 22.8. The summed E-state index contributed by atoms with van der Waals surface area (Å²) in [5.41, 5.74) is 8.28. The van der Waals surface area contributed by atoms with Crippen LogP contribution in [0, 0.1) is 0 Å². The summed E-state index contributed by atoms with van der Waals surface area (Å²) in [6.07, 6.45) is 0. The number of benzene rings is 8. The van der Waals surface area contributed by atoms with Crippen molar-refractivity contribution in [3.8, 4) is 22.6 Å². The quantitative estimate of drug-likeness (QED) is 0.187. The number of rotatable bonds is 5. The fourth-order valence-electron chi connectivity index (χ4n) is 6.74. The second kappa shape index (κ2) is 10.8. The molecular formula is C43H28N2O. The van der Waals surface area contributed by atoms with Crippen LogP contribution in [0.25, 0.3) is 66.0 Å². The predicted molar refractivity (Wildman–Crippen MR) is 192 cm³/mol. The number of hydrogen-bond acceptors (Lipinski definition) is 3. The third-order valence-corrected chi connectivity index (χ3v) is 8.84. The van der Waals surface area contributed by atoms with Crippen molar-refractivity contribution in [1.29, 1.82) is 0 Å². The summed E-state index contributed by atoms with van der Waals surface area (Å²) in [6, 6.07) is 59.8. The van der Waals surface area contributed by atoms with Gasteiger partial charge in [0.05, 0.1) is 0 Å². The van der Waals surface area contributed by atoms with Crippen LogP contribution in [0.3, 0.4) is 0 Å². The largest absolute Gasteiger partial charge is 0.435 e. The summed E-state index contributed by atoms with van der Waals surface area (Å²) < 4.78 is 6.64. The molecule has 46 heavy (non-hydrogen) atoms. The number of aromatic nitrogens is 1. The topological polar surface area (TPSA) is 29.3 Å². The zero-order chi connectivity index (χ0) is 30.5. The third-order valence-electron chi connectivity index (χ3n) is 8.84. The minimum atomic E-state index is 0.626. The summed E-state index contributed by atoms with van der Waals surface area (Å²) >= 11 is 0. The van der Waals surface area contributed by atoms with Crippen LogP contribution in [0.1, 0.15) is 0 Å². The Morgan fingerprint density at radius 3 is 1.87 bits per heavy atom. The highest BCUT2D eigenvalue weighted by atomic mass is 16.3. The van der Waals surface area contributed by atoms with E-state index in [1.54, 1.807) is 0 Å². The highest BCUT2D eigenvalue weighted by Gasteiger charge is 2.19. The zero-order valence-electron chi connectivity index (χ0n) is 25.0. The normalized spacial score (nSPS) is 11.5. The Bertz CT molecular complexity index is 2470. The Morgan fingerprint density at radius 2 is 1.11 bits per heavy atom. The van der Waals surface area contributed by atoms with Crippen LogP contribution in [-0.4, -0.2) is 4.98 Å². The van der Waals surface area contributed by atoms with Crippen LogP contribution in [0.15, 0.2) is 174 Å². The number of nitrogens with zero attached hydrogens (tertiary/aromatic N) is 2. The van der Waals surface area contributed by atoms with Crippen LogP contribution in [-0.2, 0) is 0 Å². The van der Waals surface area contributed by atoms with Crippen LogP contribution >= 0.6 is 0 Å². The standard InChI is InChI=1S/C43H28N2O/c1-4-14-30(15-5-1)43-44-40-26-23-31-27-38(36-22-12-16-29-13-10-11-21-35(29)36)37-25-24-34(28-39(37)41(31)42(40)46-43)45(32-17-6-2-7-18-32)33-19-8-3-9-20-33/h1-28H. The highest BCUT2D eigenvalue weighted by Crippen LogP contribution is 2.44. The van der Waals surface area contributed by atoms with Gasteiger partial charge in [-0.1, -0.05) is 109 Å². The molecule has 216 valence electrons. The first-order valence-electron chi connectivity index (χ1n) is 15.6. The summed E-state index contributed by atoms with van der Waals surface area (Å²) in [4.78, 5) is 7.25. The van der Waals surface area contributed by atoms with Crippen LogP contribution in [0.4, 0.5) is 17.1 Å². The Balaban J connectivity index is 1.38. The lowest BCUT2D eigenvalue weighted by molar-refractivity contribution is 0.623. The Kier molecular flexibility index (Phi) is 6.14. The molecule has 1 aromatic heterocycles. The van der Waals surface area contributed by atoms with E-state index < -0.39 is 0 Å². The summed E-state index contributed by atoms with van der Waals surface area (Å²) in [5.74, 6) is 0.626. The van der Waals surface area contributed by atoms with Gasteiger partial charge in [0.25, 0.3) is 0 Å². The molecule has 0 atom stereocenters. The fraction of sp³-hybridized carbons (Fsp3) is 0. The lowest BCUT2D eigenvalue weighted by Gasteiger charge is -2.26. The molecule has 3 nitrogen and oxygen atoms in total.